The summed E-state index contributed by atoms with van der Waals surface area (Å²) in [4.78, 5) is 2.35. The molecule has 1 heterocycles. The Morgan fingerprint density at radius 1 is 1.46 bits per heavy atom. The zero-order chi connectivity index (χ0) is 9.68. The number of hydrogen-bond acceptors (Lipinski definition) is 2. The molecule has 1 rings (SSSR count). The first-order valence-electron chi connectivity index (χ1n) is 5.14. The highest BCUT2D eigenvalue weighted by Crippen LogP contribution is 2.09. The Balaban J connectivity index is 2.19. The number of terminal acetylenes is 1. The van der Waals surface area contributed by atoms with Crippen LogP contribution in [0.15, 0.2) is 0 Å². The van der Waals surface area contributed by atoms with E-state index in [1.165, 1.54) is 12.8 Å². The average molecular weight is 180 g/mol. The zero-order valence-electron chi connectivity index (χ0n) is 8.71. The molecule has 0 aliphatic carbocycles. The minimum Gasteiger partial charge on any atom is -0.312 e. The molecule has 2 heteroatoms. The van der Waals surface area contributed by atoms with E-state index in [0.29, 0.717) is 12.1 Å². The second-order valence-corrected chi connectivity index (χ2v) is 4.08. The van der Waals surface area contributed by atoms with E-state index >= 15 is 0 Å². The fourth-order valence-electron chi connectivity index (χ4n) is 1.86. The van der Waals surface area contributed by atoms with Crippen molar-refractivity contribution in [1.82, 2.24) is 10.2 Å². The Bertz CT molecular complexity index is 173. The zero-order valence-corrected chi connectivity index (χ0v) is 8.71. The number of likely N-dealkylation sites (tertiary alicyclic amines) is 1. The maximum absolute atomic E-state index is 5.27. The third-order valence-electron chi connectivity index (χ3n) is 2.47. The molecule has 1 fully saturated rings. The van der Waals surface area contributed by atoms with Gasteiger partial charge in [-0.15, -0.1) is 6.42 Å². The predicted molar refractivity (Wildman–Crippen MR) is 56.6 cm³/mol. The first kappa shape index (κ1) is 10.6. The van der Waals surface area contributed by atoms with Crippen LogP contribution in [0.3, 0.4) is 0 Å². The molecule has 1 N–H and O–H groups in total. The summed E-state index contributed by atoms with van der Waals surface area (Å²) in [5.74, 6) is 2.70. The predicted octanol–water partition coefficient (Wildman–Crippen LogP) is 1.08. The van der Waals surface area contributed by atoms with Gasteiger partial charge < -0.3 is 5.32 Å². The number of hydrogen-bond donors (Lipinski definition) is 1. The quantitative estimate of drug-likeness (QED) is 0.654. The fourth-order valence-corrected chi connectivity index (χ4v) is 1.86. The van der Waals surface area contributed by atoms with E-state index in [4.69, 9.17) is 6.42 Å². The Kier molecular flexibility index (Phi) is 4.27. The van der Waals surface area contributed by atoms with Gasteiger partial charge in [0.1, 0.15) is 0 Å². The number of rotatable bonds is 3. The SMILES string of the molecule is C#CCN1CCC(NC(C)C)CC1. The van der Waals surface area contributed by atoms with Crippen molar-refractivity contribution in [3.8, 4) is 12.3 Å². The maximum Gasteiger partial charge on any atom is 0.0598 e. The van der Waals surface area contributed by atoms with E-state index in [9.17, 15) is 0 Å². The van der Waals surface area contributed by atoms with Gasteiger partial charge in [0.2, 0.25) is 0 Å². The van der Waals surface area contributed by atoms with Crippen LogP contribution in [-0.2, 0) is 0 Å². The summed E-state index contributed by atoms with van der Waals surface area (Å²) >= 11 is 0. The van der Waals surface area contributed by atoms with Gasteiger partial charge in [-0.25, -0.2) is 0 Å². The molecule has 0 unspecified atom stereocenters. The maximum atomic E-state index is 5.27. The van der Waals surface area contributed by atoms with Crippen LogP contribution in [0.25, 0.3) is 0 Å². The van der Waals surface area contributed by atoms with Gasteiger partial charge in [0, 0.05) is 25.2 Å². The second-order valence-electron chi connectivity index (χ2n) is 4.08. The third-order valence-corrected chi connectivity index (χ3v) is 2.47. The van der Waals surface area contributed by atoms with Crippen LogP contribution in [0.1, 0.15) is 26.7 Å². The summed E-state index contributed by atoms with van der Waals surface area (Å²) < 4.78 is 0. The molecule has 1 aliphatic heterocycles. The summed E-state index contributed by atoms with van der Waals surface area (Å²) in [5, 5.41) is 3.57. The van der Waals surface area contributed by atoms with Gasteiger partial charge in [0.25, 0.3) is 0 Å². The van der Waals surface area contributed by atoms with Crippen molar-refractivity contribution in [2.75, 3.05) is 19.6 Å². The summed E-state index contributed by atoms with van der Waals surface area (Å²) in [5.41, 5.74) is 0. The standard InChI is InChI=1S/C11H20N2/c1-4-7-13-8-5-11(6-9-13)12-10(2)3/h1,10-12H,5-9H2,2-3H3. The molecule has 13 heavy (non-hydrogen) atoms. The Morgan fingerprint density at radius 2 is 2.08 bits per heavy atom. The lowest BCUT2D eigenvalue weighted by Gasteiger charge is -2.32. The van der Waals surface area contributed by atoms with E-state index in [2.05, 4.69) is 30.0 Å². The van der Waals surface area contributed by atoms with Gasteiger partial charge in [0.15, 0.2) is 0 Å². The minimum absolute atomic E-state index is 0.601. The van der Waals surface area contributed by atoms with Crippen LogP contribution in [0.4, 0.5) is 0 Å². The fraction of sp³-hybridized carbons (Fsp3) is 0.818. The summed E-state index contributed by atoms with van der Waals surface area (Å²) in [6.45, 7) is 7.51. The molecule has 0 spiro atoms. The molecule has 1 aliphatic rings. The molecule has 0 radical (unpaired) electrons. The molecule has 0 bridgehead atoms. The van der Waals surface area contributed by atoms with E-state index < -0.39 is 0 Å². The lowest BCUT2D eigenvalue weighted by molar-refractivity contribution is 0.212. The number of nitrogens with zero attached hydrogens (tertiary/aromatic N) is 1. The first-order valence-corrected chi connectivity index (χ1v) is 5.14. The molecule has 1 saturated heterocycles. The van der Waals surface area contributed by atoms with Crippen LogP contribution in [-0.4, -0.2) is 36.6 Å². The van der Waals surface area contributed by atoms with Crippen LogP contribution >= 0.6 is 0 Å². The molecule has 0 saturated carbocycles. The average Bonchev–Trinajstić information content (AvgIpc) is 2.08. The minimum atomic E-state index is 0.601. The van der Waals surface area contributed by atoms with Crippen LogP contribution in [0, 0.1) is 12.3 Å². The molecule has 2 nitrogen and oxygen atoms in total. The molecule has 0 amide bonds. The highest BCUT2D eigenvalue weighted by atomic mass is 15.1. The lowest BCUT2D eigenvalue weighted by Crippen LogP contribution is -2.44. The summed E-state index contributed by atoms with van der Waals surface area (Å²) in [6.07, 6.45) is 7.74. The van der Waals surface area contributed by atoms with Gasteiger partial charge >= 0.3 is 0 Å². The number of piperidine rings is 1. The smallest absolute Gasteiger partial charge is 0.0598 e. The second kappa shape index (κ2) is 5.26. The van der Waals surface area contributed by atoms with Crippen molar-refractivity contribution in [2.24, 2.45) is 0 Å². The van der Waals surface area contributed by atoms with Gasteiger partial charge in [-0.1, -0.05) is 19.8 Å². The van der Waals surface area contributed by atoms with Crippen LogP contribution in [0.2, 0.25) is 0 Å². The highest BCUT2D eigenvalue weighted by Gasteiger charge is 2.18. The molecule has 74 valence electrons. The van der Waals surface area contributed by atoms with Crippen LogP contribution < -0.4 is 5.32 Å². The molecular formula is C11H20N2. The largest absolute Gasteiger partial charge is 0.312 e. The summed E-state index contributed by atoms with van der Waals surface area (Å²) in [6, 6.07) is 1.30. The Labute approximate surface area is 81.7 Å². The third kappa shape index (κ3) is 3.80. The lowest BCUT2D eigenvalue weighted by atomic mass is 10.0. The molecule has 0 aromatic heterocycles. The highest BCUT2D eigenvalue weighted by molar-refractivity contribution is 4.90. The van der Waals surface area contributed by atoms with Gasteiger partial charge in [0.05, 0.1) is 6.54 Å². The van der Waals surface area contributed by atoms with Crippen molar-refractivity contribution in [3.05, 3.63) is 0 Å². The van der Waals surface area contributed by atoms with Crippen molar-refractivity contribution < 1.29 is 0 Å². The van der Waals surface area contributed by atoms with Crippen LogP contribution in [0.5, 0.6) is 0 Å². The van der Waals surface area contributed by atoms with E-state index in [1.54, 1.807) is 0 Å². The Morgan fingerprint density at radius 3 is 2.54 bits per heavy atom. The summed E-state index contributed by atoms with van der Waals surface area (Å²) in [7, 11) is 0. The van der Waals surface area contributed by atoms with Crippen molar-refractivity contribution in [3.63, 3.8) is 0 Å². The van der Waals surface area contributed by atoms with Crippen molar-refractivity contribution in [2.45, 2.75) is 38.8 Å². The van der Waals surface area contributed by atoms with Gasteiger partial charge in [-0.2, -0.15) is 0 Å². The molecular weight excluding hydrogens is 160 g/mol. The van der Waals surface area contributed by atoms with E-state index in [-0.39, 0.29) is 0 Å². The first-order chi connectivity index (χ1) is 6.22. The van der Waals surface area contributed by atoms with Gasteiger partial charge in [-0.05, 0) is 12.8 Å². The van der Waals surface area contributed by atoms with E-state index in [0.717, 1.165) is 19.6 Å². The molecule has 0 aromatic carbocycles. The Hall–Kier alpha value is -0.520. The molecule has 0 atom stereocenters. The molecule has 0 aromatic rings. The number of nitrogens with one attached hydrogen (secondary N) is 1. The normalized spacial score (nSPS) is 20.5. The van der Waals surface area contributed by atoms with E-state index in [1.807, 2.05) is 0 Å². The topological polar surface area (TPSA) is 15.3 Å². The van der Waals surface area contributed by atoms with Gasteiger partial charge in [-0.3, -0.25) is 4.90 Å². The van der Waals surface area contributed by atoms with Crippen molar-refractivity contribution >= 4 is 0 Å². The van der Waals surface area contributed by atoms with Crippen molar-refractivity contribution in [1.29, 1.82) is 0 Å². The monoisotopic (exact) mass is 180 g/mol.